The quantitative estimate of drug-likeness (QED) is 0.468. The predicted octanol–water partition coefficient (Wildman–Crippen LogP) is 4.70. The van der Waals surface area contributed by atoms with Crippen LogP contribution in [0.15, 0.2) is 88.1 Å². The second-order valence-electron chi connectivity index (χ2n) is 7.09. The van der Waals surface area contributed by atoms with Crippen molar-refractivity contribution in [1.29, 1.82) is 0 Å². The van der Waals surface area contributed by atoms with Crippen LogP contribution in [0.2, 0.25) is 0 Å². The van der Waals surface area contributed by atoms with E-state index in [4.69, 9.17) is 0 Å². The maximum atomic E-state index is 13.1. The van der Waals surface area contributed by atoms with E-state index in [1.807, 2.05) is 61.5 Å². The molecule has 1 atom stereocenters. The molecule has 6 heteroatoms. The first-order chi connectivity index (χ1) is 14.5. The van der Waals surface area contributed by atoms with Crippen molar-refractivity contribution < 1.29 is 4.79 Å². The lowest BCUT2D eigenvalue weighted by Crippen LogP contribution is -2.32. The van der Waals surface area contributed by atoms with Gasteiger partial charge in [0.15, 0.2) is 5.69 Å². The fourth-order valence-electron chi connectivity index (χ4n) is 3.37. The van der Waals surface area contributed by atoms with E-state index in [1.54, 1.807) is 24.3 Å². The average molecular weight is 462 g/mol. The summed E-state index contributed by atoms with van der Waals surface area (Å²) in [5, 5.41) is 8.47. The van der Waals surface area contributed by atoms with Crippen LogP contribution in [0.4, 0.5) is 0 Å². The van der Waals surface area contributed by atoms with E-state index in [9.17, 15) is 9.59 Å². The SMILES string of the molecule is CC(NC(=O)c1nn(Cc2ccccc2)c(=O)c2ccccc12)c1ccc(Br)cc1. The normalized spacial score (nSPS) is 11.9. The zero-order valence-corrected chi connectivity index (χ0v) is 18.0. The van der Waals surface area contributed by atoms with Gasteiger partial charge in [-0.1, -0.05) is 76.6 Å². The van der Waals surface area contributed by atoms with Gasteiger partial charge in [0, 0.05) is 9.86 Å². The Bertz CT molecular complexity index is 1250. The Balaban J connectivity index is 1.71. The van der Waals surface area contributed by atoms with Gasteiger partial charge in [-0.05, 0) is 36.2 Å². The average Bonchev–Trinajstić information content (AvgIpc) is 2.77. The highest BCUT2D eigenvalue weighted by atomic mass is 79.9. The van der Waals surface area contributed by atoms with Crippen LogP contribution >= 0.6 is 15.9 Å². The third kappa shape index (κ3) is 4.19. The number of nitrogens with one attached hydrogen (secondary N) is 1. The molecule has 0 saturated carbocycles. The molecule has 1 heterocycles. The Morgan fingerprint density at radius 1 is 0.967 bits per heavy atom. The van der Waals surface area contributed by atoms with Gasteiger partial charge in [0.1, 0.15) is 0 Å². The van der Waals surface area contributed by atoms with Crippen LogP contribution < -0.4 is 10.9 Å². The maximum absolute atomic E-state index is 13.1. The molecular formula is C24H20BrN3O2. The van der Waals surface area contributed by atoms with E-state index in [2.05, 4.69) is 26.3 Å². The van der Waals surface area contributed by atoms with Crippen LogP contribution in [0.5, 0.6) is 0 Å². The second-order valence-corrected chi connectivity index (χ2v) is 8.00. The highest BCUT2D eigenvalue weighted by molar-refractivity contribution is 9.10. The molecule has 0 radical (unpaired) electrons. The number of halogens is 1. The van der Waals surface area contributed by atoms with Gasteiger partial charge >= 0.3 is 0 Å². The van der Waals surface area contributed by atoms with Gasteiger partial charge in [0.05, 0.1) is 18.0 Å². The zero-order valence-electron chi connectivity index (χ0n) is 16.4. The van der Waals surface area contributed by atoms with E-state index < -0.39 is 0 Å². The van der Waals surface area contributed by atoms with Gasteiger partial charge in [-0.3, -0.25) is 9.59 Å². The molecule has 1 N–H and O–H groups in total. The molecule has 0 saturated heterocycles. The van der Waals surface area contributed by atoms with Crippen molar-refractivity contribution in [2.45, 2.75) is 19.5 Å². The topological polar surface area (TPSA) is 64.0 Å². The second kappa shape index (κ2) is 8.63. The van der Waals surface area contributed by atoms with Crippen molar-refractivity contribution in [1.82, 2.24) is 15.1 Å². The van der Waals surface area contributed by atoms with Crippen LogP contribution in [0.3, 0.4) is 0 Å². The van der Waals surface area contributed by atoms with E-state index in [-0.39, 0.29) is 23.2 Å². The minimum absolute atomic E-state index is 0.208. The molecule has 0 aliphatic carbocycles. The molecule has 0 fully saturated rings. The summed E-state index contributed by atoms with van der Waals surface area (Å²) in [5.74, 6) is -0.316. The Hall–Kier alpha value is -3.25. The van der Waals surface area contributed by atoms with Gasteiger partial charge in [-0.2, -0.15) is 5.10 Å². The first kappa shape index (κ1) is 20.0. The molecule has 1 aromatic heterocycles. The first-order valence-corrected chi connectivity index (χ1v) is 10.4. The van der Waals surface area contributed by atoms with Crippen molar-refractivity contribution in [2.75, 3.05) is 0 Å². The van der Waals surface area contributed by atoms with E-state index in [0.29, 0.717) is 17.3 Å². The number of nitrogens with zero attached hydrogens (tertiary/aromatic N) is 2. The summed E-state index contributed by atoms with van der Waals surface area (Å²) in [6.07, 6.45) is 0. The van der Waals surface area contributed by atoms with Gasteiger partial charge < -0.3 is 5.32 Å². The lowest BCUT2D eigenvalue weighted by Gasteiger charge is -2.16. The summed E-state index contributed by atoms with van der Waals surface area (Å²) < 4.78 is 2.34. The van der Waals surface area contributed by atoms with Gasteiger partial charge in [-0.25, -0.2) is 4.68 Å². The van der Waals surface area contributed by atoms with Crippen molar-refractivity contribution in [3.8, 4) is 0 Å². The molecule has 4 rings (SSSR count). The first-order valence-electron chi connectivity index (χ1n) is 9.63. The Labute approximate surface area is 182 Å². The molecule has 5 nitrogen and oxygen atoms in total. The number of hydrogen-bond acceptors (Lipinski definition) is 3. The fraction of sp³-hybridized carbons (Fsp3) is 0.125. The number of fused-ring (bicyclic) bond motifs is 1. The number of benzene rings is 3. The highest BCUT2D eigenvalue weighted by Gasteiger charge is 2.19. The number of amides is 1. The Morgan fingerprint density at radius 2 is 1.60 bits per heavy atom. The predicted molar refractivity (Wildman–Crippen MR) is 122 cm³/mol. The summed E-state index contributed by atoms with van der Waals surface area (Å²) in [5.41, 5.74) is 1.95. The maximum Gasteiger partial charge on any atom is 0.274 e. The molecule has 30 heavy (non-hydrogen) atoms. The smallest absolute Gasteiger partial charge is 0.274 e. The van der Waals surface area contributed by atoms with Crippen molar-refractivity contribution in [3.05, 3.63) is 111 Å². The molecule has 1 amide bonds. The van der Waals surface area contributed by atoms with Gasteiger partial charge in [0.2, 0.25) is 0 Å². The van der Waals surface area contributed by atoms with Crippen molar-refractivity contribution >= 4 is 32.6 Å². The molecule has 1 unspecified atom stereocenters. The van der Waals surface area contributed by atoms with E-state index in [0.717, 1.165) is 15.6 Å². The summed E-state index contributed by atoms with van der Waals surface area (Å²) in [6.45, 7) is 2.22. The highest BCUT2D eigenvalue weighted by Crippen LogP contribution is 2.19. The molecule has 0 bridgehead atoms. The molecule has 0 aliphatic rings. The Morgan fingerprint density at radius 3 is 2.30 bits per heavy atom. The number of carbonyl (C=O) groups is 1. The lowest BCUT2D eigenvalue weighted by atomic mass is 10.1. The van der Waals surface area contributed by atoms with Crippen molar-refractivity contribution in [2.24, 2.45) is 0 Å². The standard InChI is InChI=1S/C24H20BrN3O2/c1-16(18-11-13-19(25)14-12-18)26-23(29)22-20-9-5-6-10-21(20)24(30)28(27-22)15-17-7-3-2-4-8-17/h2-14,16H,15H2,1H3,(H,26,29). The summed E-state index contributed by atoms with van der Waals surface area (Å²) in [7, 11) is 0. The fourth-order valence-corrected chi connectivity index (χ4v) is 3.63. The number of aromatic nitrogens is 2. The third-order valence-corrected chi connectivity index (χ3v) is 5.50. The molecule has 0 spiro atoms. The number of rotatable bonds is 5. The van der Waals surface area contributed by atoms with Crippen LogP contribution in [0.1, 0.15) is 34.6 Å². The summed E-state index contributed by atoms with van der Waals surface area (Å²) in [6, 6.07) is 24.3. The number of carbonyl (C=O) groups excluding carboxylic acids is 1. The van der Waals surface area contributed by atoms with E-state index in [1.165, 1.54) is 4.68 Å². The minimum atomic E-state index is -0.316. The molecule has 150 valence electrons. The van der Waals surface area contributed by atoms with Crippen LogP contribution in [0, 0.1) is 0 Å². The molecular weight excluding hydrogens is 442 g/mol. The largest absolute Gasteiger partial charge is 0.344 e. The lowest BCUT2D eigenvalue weighted by molar-refractivity contribution is 0.0934. The Kier molecular flexibility index (Phi) is 5.77. The molecule has 3 aromatic carbocycles. The van der Waals surface area contributed by atoms with Gasteiger partial charge in [0.25, 0.3) is 11.5 Å². The molecule has 0 aliphatic heterocycles. The van der Waals surface area contributed by atoms with Crippen LogP contribution in [0.25, 0.3) is 10.8 Å². The minimum Gasteiger partial charge on any atom is -0.344 e. The zero-order chi connectivity index (χ0) is 21.1. The summed E-state index contributed by atoms with van der Waals surface area (Å²) in [4.78, 5) is 26.1. The number of hydrogen-bond donors (Lipinski definition) is 1. The third-order valence-electron chi connectivity index (χ3n) is 4.98. The summed E-state index contributed by atoms with van der Waals surface area (Å²) >= 11 is 3.42. The van der Waals surface area contributed by atoms with Gasteiger partial charge in [-0.15, -0.1) is 0 Å². The van der Waals surface area contributed by atoms with Crippen molar-refractivity contribution in [3.63, 3.8) is 0 Å². The monoisotopic (exact) mass is 461 g/mol. The molecule has 4 aromatic rings. The van der Waals surface area contributed by atoms with E-state index >= 15 is 0 Å². The van der Waals surface area contributed by atoms with Crippen LogP contribution in [-0.2, 0) is 6.54 Å². The van der Waals surface area contributed by atoms with Crippen LogP contribution in [-0.4, -0.2) is 15.7 Å².